The molecule has 10 heteroatoms. The highest BCUT2D eigenvalue weighted by Gasteiger charge is 2.24. The Labute approximate surface area is 222 Å². The van der Waals surface area contributed by atoms with Crippen LogP contribution in [0, 0.1) is 11.6 Å². The predicted molar refractivity (Wildman–Crippen MR) is 146 cm³/mol. The van der Waals surface area contributed by atoms with Crippen molar-refractivity contribution in [3.8, 4) is 0 Å². The van der Waals surface area contributed by atoms with Gasteiger partial charge in [-0.3, -0.25) is 9.59 Å². The molecule has 1 aliphatic heterocycles. The quantitative estimate of drug-likeness (QED) is 0.236. The topological polar surface area (TPSA) is 112 Å². The molecule has 0 spiro atoms. The predicted octanol–water partition coefficient (Wildman–Crippen LogP) is 5.19. The summed E-state index contributed by atoms with van der Waals surface area (Å²) < 4.78 is 26.8. The van der Waals surface area contributed by atoms with E-state index in [0.29, 0.717) is 29.1 Å². The van der Waals surface area contributed by atoms with E-state index in [0.717, 1.165) is 34.6 Å². The minimum Gasteiger partial charge on any atom is -0.366 e. The van der Waals surface area contributed by atoms with Gasteiger partial charge in [-0.25, -0.2) is 18.7 Å². The van der Waals surface area contributed by atoms with E-state index in [1.165, 1.54) is 6.07 Å². The number of nitrogens with zero attached hydrogens (tertiary/aromatic N) is 2. The summed E-state index contributed by atoms with van der Waals surface area (Å²) in [6, 6.07) is 11.9. The number of benzene rings is 2. The van der Waals surface area contributed by atoms with Crippen LogP contribution in [0.1, 0.15) is 45.7 Å². The Bertz CT molecular complexity index is 1600. The molecule has 0 bridgehead atoms. The lowest BCUT2D eigenvalue weighted by Crippen LogP contribution is -2.27. The van der Waals surface area contributed by atoms with Crippen molar-refractivity contribution in [1.29, 1.82) is 0 Å². The van der Waals surface area contributed by atoms with Crippen molar-refractivity contribution in [2.45, 2.75) is 13.0 Å². The van der Waals surface area contributed by atoms with Crippen LogP contribution in [0.3, 0.4) is 0 Å². The molecule has 2 aromatic carbocycles. The Kier molecular flexibility index (Phi) is 7.26. The molecule has 2 amide bonds. The first-order valence-electron chi connectivity index (χ1n) is 12.2. The van der Waals surface area contributed by atoms with Crippen LogP contribution < -0.4 is 16.0 Å². The average Bonchev–Trinajstić information content (AvgIpc) is 3.55. The SMILES string of the molecule is C[C@H](NC(=O)c1cccnc1NCC=Cc1ccc2c(c1)NC(=O)C2=Cc1cnc[nH]1)c1ccc(F)c(F)c1. The maximum atomic E-state index is 13.6. The van der Waals surface area contributed by atoms with Crippen molar-refractivity contribution in [1.82, 2.24) is 20.3 Å². The molecule has 8 nitrogen and oxygen atoms in total. The maximum Gasteiger partial charge on any atom is 0.256 e. The van der Waals surface area contributed by atoms with E-state index in [1.807, 2.05) is 30.4 Å². The Morgan fingerprint density at radius 2 is 2.00 bits per heavy atom. The zero-order valence-electron chi connectivity index (χ0n) is 20.8. The summed E-state index contributed by atoms with van der Waals surface area (Å²) >= 11 is 0. The van der Waals surface area contributed by atoms with Crippen molar-refractivity contribution in [3.63, 3.8) is 0 Å². The Hall–Kier alpha value is -5.12. The first-order chi connectivity index (χ1) is 18.9. The van der Waals surface area contributed by atoms with Gasteiger partial charge in [-0.2, -0.15) is 0 Å². The van der Waals surface area contributed by atoms with Gasteiger partial charge in [0.25, 0.3) is 11.8 Å². The van der Waals surface area contributed by atoms with Crippen LogP contribution in [0.15, 0.2) is 73.3 Å². The summed E-state index contributed by atoms with van der Waals surface area (Å²) in [4.78, 5) is 36.5. The van der Waals surface area contributed by atoms with Gasteiger partial charge in [0.15, 0.2) is 11.6 Å². The smallest absolute Gasteiger partial charge is 0.256 e. The van der Waals surface area contributed by atoms with Gasteiger partial charge < -0.3 is 20.9 Å². The summed E-state index contributed by atoms with van der Waals surface area (Å²) in [5.41, 5.74) is 4.48. The fourth-order valence-corrected chi connectivity index (χ4v) is 4.18. The number of pyridine rings is 1. The number of carbonyl (C=O) groups excluding carboxylic acids is 2. The van der Waals surface area contributed by atoms with Crippen molar-refractivity contribution in [2.75, 3.05) is 17.2 Å². The second-order valence-electron chi connectivity index (χ2n) is 8.88. The number of amides is 2. The van der Waals surface area contributed by atoms with Crippen molar-refractivity contribution >= 4 is 41.0 Å². The zero-order chi connectivity index (χ0) is 27.4. The number of aromatic amines is 1. The van der Waals surface area contributed by atoms with E-state index < -0.39 is 23.6 Å². The molecule has 0 aliphatic carbocycles. The van der Waals surface area contributed by atoms with Crippen LogP contribution in [-0.2, 0) is 4.79 Å². The molecule has 39 heavy (non-hydrogen) atoms. The third-order valence-electron chi connectivity index (χ3n) is 6.19. The van der Waals surface area contributed by atoms with Crippen LogP contribution in [0.5, 0.6) is 0 Å². The minimum absolute atomic E-state index is 0.178. The molecule has 0 radical (unpaired) electrons. The number of halogens is 2. The zero-order valence-corrected chi connectivity index (χ0v) is 20.8. The first-order valence-corrected chi connectivity index (χ1v) is 12.2. The molecule has 3 heterocycles. The number of carbonyl (C=O) groups is 2. The van der Waals surface area contributed by atoms with Crippen LogP contribution >= 0.6 is 0 Å². The van der Waals surface area contributed by atoms with Crippen LogP contribution in [0.25, 0.3) is 17.7 Å². The number of H-pyrrole nitrogens is 1. The van der Waals surface area contributed by atoms with E-state index in [-0.39, 0.29) is 5.91 Å². The third kappa shape index (κ3) is 5.74. The van der Waals surface area contributed by atoms with Crippen LogP contribution in [0.4, 0.5) is 20.3 Å². The third-order valence-corrected chi connectivity index (χ3v) is 6.19. The molecule has 0 saturated heterocycles. The molecule has 0 fully saturated rings. The van der Waals surface area contributed by atoms with E-state index in [4.69, 9.17) is 0 Å². The highest BCUT2D eigenvalue weighted by molar-refractivity contribution is 6.34. The monoisotopic (exact) mass is 526 g/mol. The van der Waals surface area contributed by atoms with Gasteiger partial charge >= 0.3 is 0 Å². The lowest BCUT2D eigenvalue weighted by Gasteiger charge is -2.16. The van der Waals surface area contributed by atoms with E-state index >= 15 is 0 Å². The maximum absolute atomic E-state index is 13.6. The molecule has 196 valence electrons. The Morgan fingerprint density at radius 1 is 1.13 bits per heavy atom. The number of imidazole rings is 1. The number of hydrogen-bond donors (Lipinski definition) is 4. The van der Waals surface area contributed by atoms with Crippen LogP contribution in [0.2, 0.25) is 0 Å². The van der Waals surface area contributed by atoms with Gasteiger partial charge in [0.05, 0.1) is 35.4 Å². The number of fused-ring (bicyclic) bond motifs is 1. The molecule has 2 aromatic heterocycles. The number of anilines is 2. The molecule has 5 rings (SSSR count). The van der Waals surface area contributed by atoms with Gasteiger partial charge in [-0.1, -0.05) is 30.4 Å². The van der Waals surface area contributed by atoms with E-state index in [1.54, 1.807) is 43.9 Å². The number of nitrogens with one attached hydrogen (secondary N) is 4. The van der Waals surface area contributed by atoms with Gasteiger partial charge in [-0.15, -0.1) is 0 Å². The highest BCUT2D eigenvalue weighted by Crippen LogP contribution is 2.33. The van der Waals surface area contributed by atoms with Gasteiger partial charge in [-0.05, 0) is 54.5 Å². The summed E-state index contributed by atoms with van der Waals surface area (Å²) in [6.07, 6.45) is 10.3. The standard InChI is InChI=1S/C29H24F2N6O2/c1-17(19-7-9-24(30)25(31)13-19)36-28(38)22-5-3-11-34-27(22)33-10-2-4-18-6-8-21-23(14-20-15-32-16-35-20)29(39)37-26(21)12-18/h2-9,11-17H,10H2,1H3,(H,32,35)(H,33,34)(H,36,38)(H,37,39)/t17-/m0/s1. The normalized spacial score (nSPS) is 14.3. The molecule has 0 saturated carbocycles. The number of aromatic nitrogens is 3. The summed E-state index contributed by atoms with van der Waals surface area (Å²) in [6.45, 7) is 2.07. The van der Waals surface area contributed by atoms with Crippen LogP contribution in [-0.4, -0.2) is 33.3 Å². The van der Waals surface area contributed by atoms with Gasteiger partial charge in [0.2, 0.25) is 0 Å². The second kappa shape index (κ2) is 11.1. The lowest BCUT2D eigenvalue weighted by molar-refractivity contribution is -0.110. The minimum atomic E-state index is -0.971. The molecule has 4 aromatic rings. The molecule has 1 atom stereocenters. The average molecular weight is 527 g/mol. The van der Waals surface area contributed by atoms with E-state index in [9.17, 15) is 18.4 Å². The van der Waals surface area contributed by atoms with Crippen molar-refractivity contribution < 1.29 is 18.4 Å². The van der Waals surface area contributed by atoms with Crippen molar-refractivity contribution in [3.05, 3.63) is 113 Å². The van der Waals surface area contributed by atoms with E-state index in [2.05, 4.69) is 30.9 Å². The Morgan fingerprint density at radius 3 is 2.79 bits per heavy atom. The summed E-state index contributed by atoms with van der Waals surface area (Å²) in [5, 5.41) is 8.80. The van der Waals surface area contributed by atoms with Gasteiger partial charge in [0, 0.05) is 24.0 Å². The summed E-state index contributed by atoms with van der Waals surface area (Å²) in [7, 11) is 0. The number of rotatable bonds is 8. The summed E-state index contributed by atoms with van der Waals surface area (Å²) in [5.74, 6) is -2.11. The fourth-order valence-electron chi connectivity index (χ4n) is 4.18. The molecular formula is C29H24F2N6O2. The molecule has 1 aliphatic rings. The fraction of sp³-hybridized carbons (Fsp3) is 0.103. The lowest BCUT2D eigenvalue weighted by atomic mass is 10.0. The molecule has 4 N–H and O–H groups in total. The Balaban J connectivity index is 1.22. The van der Waals surface area contributed by atoms with Gasteiger partial charge in [0.1, 0.15) is 5.82 Å². The largest absolute Gasteiger partial charge is 0.366 e. The second-order valence-corrected chi connectivity index (χ2v) is 8.88. The number of hydrogen-bond acceptors (Lipinski definition) is 5. The van der Waals surface area contributed by atoms with Crippen molar-refractivity contribution in [2.24, 2.45) is 0 Å². The molecular weight excluding hydrogens is 502 g/mol. The first kappa shape index (κ1) is 25.5. The highest BCUT2D eigenvalue weighted by atomic mass is 19.2. The molecule has 0 unspecified atom stereocenters.